The van der Waals surface area contributed by atoms with Crippen molar-refractivity contribution in [2.75, 3.05) is 31.5 Å². The molecule has 1 saturated heterocycles. The van der Waals surface area contributed by atoms with E-state index in [1.807, 2.05) is 17.8 Å². The Hall–Kier alpha value is -2.25. The van der Waals surface area contributed by atoms with Gasteiger partial charge in [0, 0.05) is 57.7 Å². The van der Waals surface area contributed by atoms with E-state index in [0.29, 0.717) is 18.7 Å². The average molecular weight is 331 g/mol. The van der Waals surface area contributed by atoms with Crippen LogP contribution in [-0.2, 0) is 11.8 Å². The number of hydrogen-bond donors (Lipinski definition) is 2. The molecule has 0 bridgehead atoms. The van der Waals surface area contributed by atoms with Gasteiger partial charge in [0.05, 0.1) is 6.04 Å². The van der Waals surface area contributed by atoms with Gasteiger partial charge in [-0.25, -0.2) is 9.37 Å². The molecule has 2 N–H and O–H groups in total. The van der Waals surface area contributed by atoms with E-state index in [2.05, 4.69) is 20.5 Å². The zero-order chi connectivity index (χ0) is 16.9. The number of carbonyl (C=O) groups excluding carboxylic acids is 1. The summed E-state index contributed by atoms with van der Waals surface area (Å²) in [6.45, 7) is 3.26. The number of nitrogens with zero attached hydrogens (tertiary/aromatic N) is 3. The fourth-order valence-electron chi connectivity index (χ4n) is 2.97. The van der Waals surface area contributed by atoms with Gasteiger partial charge in [-0.3, -0.25) is 9.69 Å². The topological polar surface area (TPSA) is 62.2 Å². The fraction of sp³-hybridized carbons (Fsp3) is 0.412. The second-order valence-electron chi connectivity index (χ2n) is 5.96. The van der Waals surface area contributed by atoms with Crippen molar-refractivity contribution >= 4 is 11.6 Å². The van der Waals surface area contributed by atoms with Crippen molar-refractivity contribution in [2.45, 2.75) is 12.5 Å². The largest absolute Gasteiger partial charge is 0.337 e. The van der Waals surface area contributed by atoms with Crippen LogP contribution in [0.1, 0.15) is 18.3 Å². The Morgan fingerprint density at radius 1 is 1.42 bits per heavy atom. The first-order valence-electron chi connectivity index (χ1n) is 8.11. The van der Waals surface area contributed by atoms with E-state index < -0.39 is 0 Å². The molecule has 2 aromatic rings. The molecule has 0 aliphatic carbocycles. The standard InChI is InChI=1S/C17H22FN5O/c1-22-10-8-20-17(22)15-12-19-7-11-23(15)9-6-16(24)21-14-4-2-13(18)3-5-14/h2-5,8,10,15,19H,6-7,9,11-12H2,1H3,(H,21,24). The van der Waals surface area contributed by atoms with Crippen LogP contribution in [0.25, 0.3) is 0 Å². The Morgan fingerprint density at radius 3 is 2.92 bits per heavy atom. The van der Waals surface area contributed by atoms with E-state index in [4.69, 9.17) is 0 Å². The lowest BCUT2D eigenvalue weighted by molar-refractivity contribution is -0.116. The maximum atomic E-state index is 12.9. The first-order chi connectivity index (χ1) is 11.6. The van der Waals surface area contributed by atoms with Gasteiger partial charge in [0.2, 0.25) is 5.91 Å². The van der Waals surface area contributed by atoms with Gasteiger partial charge in [-0.2, -0.15) is 0 Å². The van der Waals surface area contributed by atoms with Crippen molar-refractivity contribution in [3.8, 4) is 0 Å². The molecule has 0 saturated carbocycles. The number of nitrogens with one attached hydrogen (secondary N) is 2. The average Bonchev–Trinajstić information content (AvgIpc) is 3.01. The highest BCUT2D eigenvalue weighted by Crippen LogP contribution is 2.20. The minimum Gasteiger partial charge on any atom is -0.337 e. The molecule has 7 heteroatoms. The summed E-state index contributed by atoms with van der Waals surface area (Å²) in [6.07, 6.45) is 4.12. The molecule has 1 aromatic carbocycles. The lowest BCUT2D eigenvalue weighted by atomic mass is 10.1. The number of piperazine rings is 1. The van der Waals surface area contributed by atoms with Gasteiger partial charge >= 0.3 is 0 Å². The van der Waals surface area contributed by atoms with E-state index >= 15 is 0 Å². The Kier molecular flexibility index (Phi) is 5.22. The number of carbonyl (C=O) groups is 1. The molecule has 1 aromatic heterocycles. The van der Waals surface area contributed by atoms with E-state index in [1.165, 1.54) is 12.1 Å². The summed E-state index contributed by atoms with van der Waals surface area (Å²) >= 11 is 0. The number of hydrogen-bond acceptors (Lipinski definition) is 4. The lowest BCUT2D eigenvalue weighted by Crippen LogP contribution is -2.47. The summed E-state index contributed by atoms with van der Waals surface area (Å²) in [5, 5.41) is 6.18. The second-order valence-corrected chi connectivity index (χ2v) is 5.96. The molecular weight excluding hydrogens is 309 g/mol. The van der Waals surface area contributed by atoms with Gasteiger partial charge < -0.3 is 15.2 Å². The molecule has 24 heavy (non-hydrogen) atoms. The number of amides is 1. The van der Waals surface area contributed by atoms with Crippen LogP contribution in [0.3, 0.4) is 0 Å². The Balaban J connectivity index is 1.56. The molecule has 0 radical (unpaired) electrons. The van der Waals surface area contributed by atoms with Crippen molar-refractivity contribution in [2.24, 2.45) is 7.05 Å². The first-order valence-corrected chi connectivity index (χ1v) is 8.11. The third-order valence-electron chi connectivity index (χ3n) is 4.26. The highest BCUT2D eigenvalue weighted by atomic mass is 19.1. The van der Waals surface area contributed by atoms with Gasteiger partial charge in [-0.05, 0) is 24.3 Å². The molecule has 1 atom stereocenters. The van der Waals surface area contributed by atoms with Gasteiger partial charge in [-0.1, -0.05) is 0 Å². The number of rotatable bonds is 5. The van der Waals surface area contributed by atoms with E-state index in [0.717, 1.165) is 25.5 Å². The number of imidazole rings is 1. The zero-order valence-corrected chi connectivity index (χ0v) is 13.7. The fourth-order valence-corrected chi connectivity index (χ4v) is 2.97. The third kappa shape index (κ3) is 3.98. The Bertz CT molecular complexity index is 685. The predicted molar refractivity (Wildman–Crippen MR) is 90.0 cm³/mol. The molecule has 1 fully saturated rings. The molecule has 1 unspecified atom stereocenters. The normalized spacial score (nSPS) is 18.5. The van der Waals surface area contributed by atoms with Gasteiger partial charge in [0.1, 0.15) is 11.6 Å². The van der Waals surface area contributed by atoms with Crippen molar-refractivity contribution < 1.29 is 9.18 Å². The predicted octanol–water partition coefficient (Wildman–Crippen LogP) is 1.53. The van der Waals surface area contributed by atoms with Crippen molar-refractivity contribution in [3.63, 3.8) is 0 Å². The molecule has 0 spiro atoms. The summed E-state index contributed by atoms with van der Waals surface area (Å²) in [6, 6.07) is 5.97. The summed E-state index contributed by atoms with van der Waals surface area (Å²) in [4.78, 5) is 18.9. The van der Waals surface area contributed by atoms with Crippen molar-refractivity contribution in [3.05, 3.63) is 48.3 Å². The van der Waals surface area contributed by atoms with Crippen LogP contribution in [0.5, 0.6) is 0 Å². The molecule has 128 valence electrons. The zero-order valence-electron chi connectivity index (χ0n) is 13.7. The first kappa shape index (κ1) is 16.6. The molecule has 2 heterocycles. The maximum Gasteiger partial charge on any atom is 0.225 e. The van der Waals surface area contributed by atoms with E-state index in [9.17, 15) is 9.18 Å². The second kappa shape index (κ2) is 7.55. The summed E-state index contributed by atoms with van der Waals surface area (Å²) in [7, 11) is 1.98. The number of halogens is 1. The summed E-state index contributed by atoms with van der Waals surface area (Å²) in [5.74, 6) is 0.617. The summed E-state index contributed by atoms with van der Waals surface area (Å²) in [5.41, 5.74) is 0.613. The molecule has 6 nitrogen and oxygen atoms in total. The van der Waals surface area contributed by atoms with Crippen molar-refractivity contribution in [1.29, 1.82) is 0 Å². The lowest BCUT2D eigenvalue weighted by Gasteiger charge is -2.35. The van der Waals surface area contributed by atoms with Gasteiger partial charge in [0.25, 0.3) is 0 Å². The van der Waals surface area contributed by atoms with Crippen LogP contribution in [-0.4, -0.2) is 46.5 Å². The van der Waals surface area contributed by atoms with E-state index in [-0.39, 0.29) is 17.8 Å². The third-order valence-corrected chi connectivity index (χ3v) is 4.26. The highest BCUT2D eigenvalue weighted by molar-refractivity contribution is 5.90. The molecule has 1 aliphatic rings. The molecule has 1 amide bonds. The van der Waals surface area contributed by atoms with Crippen LogP contribution in [0.4, 0.5) is 10.1 Å². The van der Waals surface area contributed by atoms with E-state index in [1.54, 1.807) is 18.3 Å². The smallest absolute Gasteiger partial charge is 0.225 e. The van der Waals surface area contributed by atoms with Gasteiger partial charge in [0.15, 0.2) is 0 Å². The van der Waals surface area contributed by atoms with Gasteiger partial charge in [-0.15, -0.1) is 0 Å². The van der Waals surface area contributed by atoms with Crippen molar-refractivity contribution in [1.82, 2.24) is 19.8 Å². The minimum atomic E-state index is -0.313. The number of benzene rings is 1. The number of aromatic nitrogens is 2. The number of anilines is 1. The molecular formula is C17H22FN5O. The minimum absolute atomic E-state index is 0.0706. The molecule has 3 rings (SSSR count). The Morgan fingerprint density at radius 2 is 2.21 bits per heavy atom. The van der Waals surface area contributed by atoms with Crippen LogP contribution >= 0.6 is 0 Å². The van der Waals surface area contributed by atoms with Crippen LogP contribution in [0.2, 0.25) is 0 Å². The Labute approximate surface area is 140 Å². The number of aryl methyl sites for hydroxylation is 1. The summed E-state index contributed by atoms with van der Waals surface area (Å²) < 4.78 is 14.9. The quantitative estimate of drug-likeness (QED) is 0.872. The maximum absolute atomic E-state index is 12.9. The SMILES string of the molecule is Cn1ccnc1C1CNCCN1CCC(=O)Nc1ccc(F)cc1. The monoisotopic (exact) mass is 331 g/mol. The molecule has 1 aliphatic heterocycles. The van der Waals surface area contributed by atoms with Crippen LogP contribution in [0.15, 0.2) is 36.7 Å². The highest BCUT2D eigenvalue weighted by Gasteiger charge is 2.26. The van der Waals surface area contributed by atoms with Crippen LogP contribution < -0.4 is 10.6 Å². The van der Waals surface area contributed by atoms with Crippen LogP contribution in [0, 0.1) is 5.82 Å².